The van der Waals surface area contributed by atoms with Crippen LogP contribution in [0.1, 0.15) is 27.0 Å². The van der Waals surface area contributed by atoms with E-state index in [2.05, 4.69) is 24.3 Å². The topological polar surface area (TPSA) is 17.1 Å². The van der Waals surface area contributed by atoms with Crippen molar-refractivity contribution in [1.29, 1.82) is 0 Å². The second kappa shape index (κ2) is 5.98. The Morgan fingerprint density at radius 1 is 0.864 bits per heavy atom. The number of hydrogen-bond acceptors (Lipinski definition) is 1. The van der Waals surface area contributed by atoms with Gasteiger partial charge in [-0.3, -0.25) is 4.79 Å². The van der Waals surface area contributed by atoms with Crippen LogP contribution in [-0.2, 0) is 0 Å². The van der Waals surface area contributed by atoms with Crippen LogP contribution in [0.2, 0.25) is 0 Å². The van der Waals surface area contributed by atoms with Crippen LogP contribution in [0.25, 0.3) is 16.8 Å². The molecule has 0 radical (unpaired) electrons. The second-order valence-corrected chi connectivity index (χ2v) is 5.62. The third-order valence-electron chi connectivity index (χ3n) is 3.85. The Morgan fingerprint density at radius 3 is 2.41 bits per heavy atom. The minimum Gasteiger partial charge on any atom is -0.289 e. The molecule has 0 spiro atoms. The summed E-state index contributed by atoms with van der Waals surface area (Å²) in [5.74, 6) is 0.0469. The summed E-state index contributed by atoms with van der Waals surface area (Å²) in [7, 11) is 0. The van der Waals surface area contributed by atoms with E-state index < -0.39 is 0 Å². The first-order chi connectivity index (χ1) is 10.6. The van der Waals surface area contributed by atoms with Crippen molar-refractivity contribution < 1.29 is 4.79 Å². The van der Waals surface area contributed by atoms with Crippen molar-refractivity contribution in [3.05, 3.63) is 89.0 Å². The van der Waals surface area contributed by atoms with Crippen molar-refractivity contribution in [3.8, 4) is 0 Å². The summed E-state index contributed by atoms with van der Waals surface area (Å²) >= 11 is 0. The van der Waals surface area contributed by atoms with Gasteiger partial charge in [0, 0.05) is 5.56 Å². The standard InChI is InChI=1S/C21H18O/c1-15-7-11-20(16(2)13-15)21(22)12-9-17-8-10-18-5-3-4-6-19(18)14-17/h3-14H,1-2H3. The van der Waals surface area contributed by atoms with E-state index in [0.29, 0.717) is 0 Å². The average Bonchev–Trinajstić information content (AvgIpc) is 2.52. The first-order valence-corrected chi connectivity index (χ1v) is 7.42. The largest absolute Gasteiger partial charge is 0.289 e. The number of fused-ring (bicyclic) bond motifs is 1. The van der Waals surface area contributed by atoms with Gasteiger partial charge in [0.15, 0.2) is 5.78 Å². The first kappa shape index (κ1) is 14.3. The molecule has 0 saturated carbocycles. The van der Waals surface area contributed by atoms with Gasteiger partial charge in [0.2, 0.25) is 0 Å². The number of hydrogen-bond donors (Lipinski definition) is 0. The molecule has 3 aromatic rings. The summed E-state index contributed by atoms with van der Waals surface area (Å²) in [6, 6.07) is 20.4. The van der Waals surface area contributed by atoms with Crippen LogP contribution in [0.15, 0.2) is 66.7 Å². The Hall–Kier alpha value is -2.67. The molecule has 0 aliphatic carbocycles. The minimum atomic E-state index is 0.0469. The van der Waals surface area contributed by atoms with E-state index in [-0.39, 0.29) is 5.78 Å². The van der Waals surface area contributed by atoms with Gasteiger partial charge in [0.25, 0.3) is 0 Å². The molecule has 0 fully saturated rings. The van der Waals surface area contributed by atoms with Gasteiger partial charge < -0.3 is 0 Å². The summed E-state index contributed by atoms with van der Waals surface area (Å²) in [4.78, 5) is 12.3. The second-order valence-electron chi connectivity index (χ2n) is 5.62. The fourth-order valence-corrected chi connectivity index (χ4v) is 2.66. The molecular weight excluding hydrogens is 268 g/mol. The smallest absolute Gasteiger partial charge is 0.186 e. The fourth-order valence-electron chi connectivity index (χ4n) is 2.66. The van der Waals surface area contributed by atoms with Gasteiger partial charge in [-0.15, -0.1) is 0 Å². The normalized spacial score (nSPS) is 11.2. The van der Waals surface area contributed by atoms with Crippen molar-refractivity contribution >= 4 is 22.6 Å². The zero-order valence-electron chi connectivity index (χ0n) is 12.8. The third kappa shape index (κ3) is 2.99. The molecule has 0 aliphatic heterocycles. The molecular formula is C21H18O. The SMILES string of the molecule is Cc1ccc(C(=O)C=Cc2ccc3ccccc3c2)c(C)c1. The van der Waals surface area contributed by atoms with Gasteiger partial charge in [0.05, 0.1) is 0 Å². The first-order valence-electron chi connectivity index (χ1n) is 7.42. The van der Waals surface area contributed by atoms with Gasteiger partial charge in [-0.2, -0.15) is 0 Å². The molecule has 0 bridgehead atoms. The Morgan fingerprint density at radius 2 is 1.64 bits per heavy atom. The van der Waals surface area contributed by atoms with E-state index in [9.17, 15) is 4.79 Å². The Balaban J connectivity index is 1.87. The highest BCUT2D eigenvalue weighted by Crippen LogP contribution is 2.17. The summed E-state index contributed by atoms with van der Waals surface area (Å²) < 4.78 is 0. The highest BCUT2D eigenvalue weighted by Gasteiger charge is 2.05. The molecule has 22 heavy (non-hydrogen) atoms. The molecule has 0 atom stereocenters. The summed E-state index contributed by atoms with van der Waals surface area (Å²) in [5.41, 5.74) is 4.00. The third-order valence-corrected chi connectivity index (χ3v) is 3.85. The van der Waals surface area contributed by atoms with Crippen molar-refractivity contribution in [1.82, 2.24) is 0 Å². The van der Waals surface area contributed by atoms with E-state index in [4.69, 9.17) is 0 Å². The summed E-state index contributed by atoms with van der Waals surface area (Å²) in [6.45, 7) is 4.01. The van der Waals surface area contributed by atoms with E-state index in [0.717, 1.165) is 16.7 Å². The zero-order chi connectivity index (χ0) is 15.5. The number of carbonyl (C=O) groups is 1. The lowest BCUT2D eigenvalue weighted by molar-refractivity contribution is 0.104. The molecule has 108 valence electrons. The summed E-state index contributed by atoms with van der Waals surface area (Å²) in [6.07, 6.45) is 3.54. The van der Waals surface area contributed by atoms with E-state index in [1.54, 1.807) is 6.08 Å². The molecule has 1 nitrogen and oxygen atoms in total. The van der Waals surface area contributed by atoms with E-state index >= 15 is 0 Å². The highest BCUT2D eigenvalue weighted by molar-refractivity contribution is 6.08. The quantitative estimate of drug-likeness (QED) is 0.468. The summed E-state index contributed by atoms with van der Waals surface area (Å²) in [5, 5.41) is 2.39. The van der Waals surface area contributed by atoms with Crippen LogP contribution < -0.4 is 0 Å². The number of carbonyl (C=O) groups excluding carboxylic acids is 1. The Bertz CT molecular complexity index is 872. The number of aryl methyl sites for hydroxylation is 2. The molecule has 0 N–H and O–H groups in total. The van der Waals surface area contributed by atoms with Crippen molar-refractivity contribution in [2.24, 2.45) is 0 Å². The zero-order valence-corrected chi connectivity index (χ0v) is 12.8. The van der Waals surface area contributed by atoms with Crippen molar-refractivity contribution in [2.45, 2.75) is 13.8 Å². The molecule has 0 heterocycles. The van der Waals surface area contributed by atoms with Crippen LogP contribution >= 0.6 is 0 Å². The number of benzene rings is 3. The maximum Gasteiger partial charge on any atom is 0.186 e. The van der Waals surface area contributed by atoms with Gasteiger partial charge >= 0.3 is 0 Å². The van der Waals surface area contributed by atoms with Crippen LogP contribution in [0.5, 0.6) is 0 Å². The van der Waals surface area contributed by atoms with Gasteiger partial charge in [-0.25, -0.2) is 0 Å². The molecule has 0 amide bonds. The lowest BCUT2D eigenvalue weighted by Gasteiger charge is -2.03. The number of ketones is 1. The molecule has 3 aromatic carbocycles. The average molecular weight is 286 g/mol. The van der Waals surface area contributed by atoms with Crippen LogP contribution in [0.3, 0.4) is 0 Å². The molecule has 3 rings (SSSR count). The predicted octanol–water partition coefficient (Wildman–Crippen LogP) is 5.35. The lowest BCUT2D eigenvalue weighted by Crippen LogP contribution is -1.97. The lowest BCUT2D eigenvalue weighted by atomic mass is 10.0. The minimum absolute atomic E-state index is 0.0469. The van der Waals surface area contributed by atoms with Crippen molar-refractivity contribution in [2.75, 3.05) is 0 Å². The molecule has 1 heteroatoms. The van der Waals surface area contributed by atoms with Gasteiger partial charge in [0.1, 0.15) is 0 Å². The van der Waals surface area contributed by atoms with Crippen LogP contribution in [0.4, 0.5) is 0 Å². The maximum atomic E-state index is 12.3. The monoisotopic (exact) mass is 286 g/mol. The van der Waals surface area contributed by atoms with E-state index in [1.807, 2.05) is 56.3 Å². The molecule has 0 saturated heterocycles. The number of rotatable bonds is 3. The predicted molar refractivity (Wildman–Crippen MR) is 93.2 cm³/mol. The van der Waals surface area contributed by atoms with Crippen LogP contribution in [-0.4, -0.2) is 5.78 Å². The Kier molecular flexibility index (Phi) is 3.88. The van der Waals surface area contributed by atoms with E-state index in [1.165, 1.54) is 16.3 Å². The molecule has 0 unspecified atom stereocenters. The Labute approximate surface area is 130 Å². The van der Waals surface area contributed by atoms with Crippen LogP contribution in [0, 0.1) is 13.8 Å². The van der Waals surface area contributed by atoms with Gasteiger partial charge in [-0.05, 0) is 47.9 Å². The van der Waals surface area contributed by atoms with Crippen molar-refractivity contribution in [3.63, 3.8) is 0 Å². The molecule has 0 aromatic heterocycles. The van der Waals surface area contributed by atoms with Gasteiger partial charge in [-0.1, -0.05) is 66.2 Å². The molecule has 0 aliphatic rings. The maximum absolute atomic E-state index is 12.3. The highest BCUT2D eigenvalue weighted by atomic mass is 16.1. The fraction of sp³-hybridized carbons (Fsp3) is 0.0952. The number of allylic oxidation sites excluding steroid dienone is 1.